The van der Waals surface area contributed by atoms with E-state index < -0.39 is 0 Å². The van der Waals surface area contributed by atoms with Gasteiger partial charge in [-0.3, -0.25) is 4.79 Å². The number of rotatable bonds is 4. The maximum atomic E-state index is 12.5. The molecule has 0 saturated heterocycles. The van der Waals surface area contributed by atoms with Crippen molar-refractivity contribution in [3.63, 3.8) is 0 Å². The molecule has 2 heterocycles. The predicted octanol–water partition coefficient (Wildman–Crippen LogP) is 2.62. The molecule has 8 heteroatoms. The largest absolute Gasteiger partial charge is 0.307 e. The molecule has 1 amide bonds. The third kappa shape index (κ3) is 3.28. The van der Waals surface area contributed by atoms with Crippen LogP contribution in [0.1, 0.15) is 48.5 Å². The number of amides is 1. The highest BCUT2D eigenvalue weighted by atomic mass is 16.1. The van der Waals surface area contributed by atoms with Gasteiger partial charge in [-0.25, -0.2) is 9.36 Å². The van der Waals surface area contributed by atoms with E-state index in [1.54, 1.807) is 23.0 Å². The number of anilines is 1. The number of tetrazole rings is 1. The Bertz CT molecular complexity index is 832. The second-order valence-corrected chi connectivity index (χ2v) is 6.21. The zero-order valence-corrected chi connectivity index (χ0v) is 13.7. The first-order valence-electron chi connectivity index (χ1n) is 8.49. The van der Waals surface area contributed by atoms with Gasteiger partial charge >= 0.3 is 0 Å². The normalized spacial score (nSPS) is 15.2. The third-order valence-electron chi connectivity index (χ3n) is 4.58. The molecule has 2 aromatic heterocycles. The SMILES string of the molecule is O=C(Nc1ccnn1C1CCCCC1)c1ccc(-n2cnnn2)cc1. The van der Waals surface area contributed by atoms with Gasteiger partial charge in [0.1, 0.15) is 12.1 Å². The Morgan fingerprint density at radius 2 is 1.88 bits per heavy atom. The van der Waals surface area contributed by atoms with Crippen molar-refractivity contribution < 1.29 is 4.79 Å². The summed E-state index contributed by atoms with van der Waals surface area (Å²) in [5.74, 6) is 0.599. The Kier molecular flexibility index (Phi) is 4.24. The van der Waals surface area contributed by atoms with Crippen LogP contribution in [0.25, 0.3) is 5.69 Å². The topological polar surface area (TPSA) is 90.5 Å². The summed E-state index contributed by atoms with van der Waals surface area (Å²) in [5, 5.41) is 18.4. The number of hydrogen-bond donors (Lipinski definition) is 1. The van der Waals surface area contributed by atoms with Crippen molar-refractivity contribution in [1.29, 1.82) is 0 Å². The lowest BCUT2D eigenvalue weighted by atomic mass is 9.96. The minimum atomic E-state index is -0.152. The zero-order chi connectivity index (χ0) is 17.1. The quantitative estimate of drug-likeness (QED) is 0.790. The Balaban J connectivity index is 1.48. The molecule has 1 saturated carbocycles. The second-order valence-electron chi connectivity index (χ2n) is 6.21. The summed E-state index contributed by atoms with van der Waals surface area (Å²) in [4.78, 5) is 12.5. The summed E-state index contributed by atoms with van der Waals surface area (Å²) >= 11 is 0. The highest BCUT2D eigenvalue weighted by Crippen LogP contribution is 2.30. The molecule has 8 nitrogen and oxygen atoms in total. The summed E-state index contributed by atoms with van der Waals surface area (Å²) in [7, 11) is 0. The number of carbonyl (C=O) groups is 1. The van der Waals surface area contributed by atoms with E-state index in [0.29, 0.717) is 11.6 Å². The van der Waals surface area contributed by atoms with Crippen molar-refractivity contribution in [3.8, 4) is 5.69 Å². The van der Waals surface area contributed by atoms with Crippen molar-refractivity contribution >= 4 is 11.7 Å². The molecule has 4 rings (SSSR count). The predicted molar refractivity (Wildman–Crippen MR) is 91.5 cm³/mol. The first kappa shape index (κ1) is 15.5. The van der Waals surface area contributed by atoms with E-state index in [4.69, 9.17) is 0 Å². The summed E-state index contributed by atoms with van der Waals surface area (Å²) < 4.78 is 3.49. The third-order valence-corrected chi connectivity index (χ3v) is 4.58. The Morgan fingerprint density at radius 1 is 1.08 bits per heavy atom. The van der Waals surface area contributed by atoms with Crippen LogP contribution in [0.15, 0.2) is 42.9 Å². The average Bonchev–Trinajstić information content (AvgIpc) is 3.35. The molecule has 25 heavy (non-hydrogen) atoms. The molecule has 1 aliphatic carbocycles. The molecule has 1 fully saturated rings. The van der Waals surface area contributed by atoms with Gasteiger partial charge in [0.05, 0.1) is 17.9 Å². The minimum Gasteiger partial charge on any atom is -0.307 e. The lowest BCUT2D eigenvalue weighted by Gasteiger charge is -2.23. The van der Waals surface area contributed by atoms with E-state index in [2.05, 4.69) is 25.9 Å². The standard InChI is InChI=1S/C17H19N7O/c25-17(13-6-8-14(9-7-13)23-12-18-21-22-23)20-16-10-11-19-24(16)15-4-2-1-3-5-15/h6-12,15H,1-5H2,(H,20,25). The second kappa shape index (κ2) is 6.84. The van der Waals surface area contributed by atoms with E-state index in [1.807, 2.05) is 22.9 Å². The van der Waals surface area contributed by atoms with E-state index in [0.717, 1.165) is 24.3 Å². The highest BCUT2D eigenvalue weighted by Gasteiger charge is 2.19. The fourth-order valence-corrected chi connectivity index (χ4v) is 3.26. The fraction of sp³-hybridized carbons (Fsp3) is 0.353. The van der Waals surface area contributed by atoms with E-state index in [9.17, 15) is 4.79 Å². The van der Waals surface area contributed by atoms with E-state index in [1.165, 1.54) is 25.6 Å². The number of hydrogen-bond acceptors (Lipinski definition) is 5. The molecule has 1 aliphatic rings. The van der Waals surface area contributed by atoms with Crippen LogP contribution < -0.4 is 5.32 Å². The van der Waals surface area contributed by atoms with Crippen LogP contribution in [0.2, 0.25) is 0 Å². The number of carbonyl (C=O) groups excluding carboxylic acids is 1. The van der Waals surface area contributed by atoms with Crippen LogP contribution in [0.3, 0.4) is 0 Å². The molecule has 0 spiro atoms. The summed E-state index contributed by atoms with van der Waals surface area (Å²) in [6.07, 6.45) is 9.21. The lowest BCUT2D eigenvalue weighted by molar-refractivity contribution is 0.102. The van der Waals surface area contributed by atoms with Crippen LogP contribution in [0, 0.1) is 0 Å². The number of nitrogens with zero attached hydrogens (tertiary/aromatic N) is 6. The maximum absolute atomic E-state index is 12.5. The Hall–Kier alpha value is -3.03. The van der Waals surface area contributed by atoms with Gasteiger partial charge in [-0.05, 0) is 47.5 Å². The molecule has 0 unspecified atom stereocenters. The zero-order valence-electron chi connectivity index (χ0n) is 13.7. The molecule has 0 atom stereocenters. The fourth-order valence-electron chi connectivity index (χ4n) is 3.26. The summed E-state index contributed by atoms with van der Waals surface area (Å²) in [5.41, 5.74) is 1.38. The molecule has 0 bridgehead atoms. The van der Waals surface area contributed by atoms with Gasteiger partial charge in [0.15, 0.2) is 0 Å². The van der Waals surface area contributed by atoms with Crippen molar-refractivity contribution in [3.05, 3.63) is 48.4 Å². The van der Waals surface area contributed by atoms with Gasteiger partial charge in [-0.15, -0.1) is 5.10 Å². The molecule has 128 valence electrons. The van der Waals surface area contributed by atoms with Crippen LogP contribution >= 0.6 is 0 Å². The maximum Gasteiger partial charge on any atom is 0.256 e. The van der Waals surface area contributed by atoms with Crippen LogP contribution in [-0.4, -0.2) is 35.9 Å². The van der Waals surface area contributed by atoms with Crippen molar-refractivity contribution in [2.75, 3.05) is 5.32 Å². The molecule has 1 N–H and O–H groups in total. The Morgan fingerprint density at radius 3 is 2.60 bits per heavy atom. The van der Waals surface area contributed by atoms with Gasteiger partial charge in [-0.1, -0.05) is 19.3 Å². The van der Waals surface area contributed by atoms with Crippen LogP contribution in [0.5, 0.6) is 0 Å². The average molecular weight is 337 g/mol. The monoisotopic (exact) mass is 337 g/mol. The minimum absolute atomic E-state index is 0.152. The number of aromatic nitrogens is 6. The summed E-state index contributed by atoms with van der Waals surface area (Å²) in [6, 6.07) is 9.36. The van der Waals surface area contributed by atoms with Gasteiger partial charge < -0.3 is 5.32 Å². The number of nitrogens with one attached hydrogen (secondary N) is 1. The first-order chi connectivity index (χ1) is 12.3. The smallest absolute Gasteiger partial charge is 0.256 e. The van der Waals surface area contributed by atoms with Gasteiger partial charge in [0.25, 0.3) is 5.91 Å². The van der Waals surface area contributed by atoms with Gasteiger partial charge in [0, 0.05) is 11.6 Å². The van der Waals surface area contributed by atoms with Crippen LogP contribution in [0.4, 0.5) is 5.82 Å². The molecule has 0 radical (unpaired) electrons. The van der Waals surface area contributed by atoms with Crippen molar-refractivity contribution in [2.45, 2.75) is 38.1 Å². The Labute approximate surface area is 144 Å². The van der Waals surface area contributed by atoms with E-state index in [-0.39, 0.29) is 5.91 Å². The first-order valence-corrected chi connectivity index (χ1v) is 8.49. The molecular weight excluding hydrogens is 318 g/mol. The van der Waals surface area contributed by atoms with Crippen molar-refractivity contribution in [2.24, 2.45) is 0 Å². The molecule has 3 aromatic rings. The highest BCUT2D eigenvalue weighted by molar-refractivity contribution is 6.03. The van der Waals surface area contributed by atoms with Crippen molar-refractivity contribution in [1.82, 2.24) is 30.0 Å². The molecule has 0 aliphatic heterocycles. The lowest BCUT2D eigenvalue weighted by Crippen LogP contribution is -2.20. The molecule has 1 aromatic carbocycles. The van der Waals surface area contributed by atoms with E-state index >= 15 is 0 Å². The number of benzene rings is 1. The van der Waals surface area contributed by atoms with Gasteiger partial charge in [0.2, 0.25) is 0 Å². The van der Waals surface area contributed by atoms with Crippen LogP contribution in [-0.2, 0) is 0 Å². The molecular formula is C17H19N7O. The van der Waals surface area contributed by atoms with Gasteiger partial charge in [-0.2, -0.15) is 5.10 Å². The summed E-state index contributed by atoms with van der Waals surface area (Å²) in [6.45, 7) is 0.